The normalized spacial score (nSPS) is 16.8. The average molecular weight is 414 g/mol. The summed E-state index contributed by atoms with van der Waals surface area (Å²) < 4.78 is 6.62. The van der Waals surface area contributed by atoms with Gasteiger partial charge in [-0.25, -0.2) is 0 Å². The van der Waals surface area contributed by atoms with Gasteiger partial charge in [-0.2, -0.15) is 0 Å². The fourth-order valence-corrected chi connectivity index (χ4v) is 4.99. The molecule has 0 saturated carbocycles. The molecule has 0 radical (unpaired) electrons. The first kappa shape index (κ1) is 21.5. The Balaban J connectivity index is 1.78. The molecule has 31 heavy (non-hydrogen) atoms. The summed E-state index contributed by atoms with van der Waals surface area (Å²) in [6.45, 7) is 16.4. The van der Waals surface area contributed by atoms with E-state index in [-0.39, 0.29) is 11.5 Å². The number of hydrogen-bond acceptors (Lipinski definition) is 2. The highest BCUT2D eigenvalue weighted by Gasteiger charge is 2.44. The third-order valence-corrected chi connectivity index (χ3v) is 6.90. The fraction of sp³-hybridized carbons (Fsp3) is 0.379. The quantitative estimate of drug-likeness (QED) is 0.464. The summed E-state index contributed by atoms with van der Waals surface area (Å²) in [4.78, 5) is 0. The molecular formula is C29H35NO. The molecule has 3 aromatic rings. The molecule has 1 N–H and O–H groups in total. The third-order valence-electron chi connectivity index (χ3n) is 6.90. The summed E-state index contributed by atoms with van der Waals surface area (Å²) in [5.74, 6) is 1.82. The van der Waals surface area contributed by atoms with Gasteiger partial charge in [0.2, 0.25) is 0 Å². The van der Waals surface area contributed by atoms with Crippen molar-refractivity contribution in [2.45, 2.75) is 72.4 Å². The second-order valence-corrected chi connectivity index (χ2v) is 9.79. The Morgan fingerprint density at radius 3 is 2.13 bits per heavy atom. The number of hydrogen-bond donors (Lipinski definition) is 1. The third kappa shape index (κ3) is 3.84. The van der Waals surface area contributed by atoms with Crippen molar-refractivity contribution in [2.75, 3.05) is 5.32 Å². The van der Waals surface area contributed by atoms with Gasteiger partial charge in [-0.15, -0.1) is 0 Å². The van der Waals surface area contributed by atoms with Crippen LogP contribution in [0.1, 0.15) is 78.5 Å². The molecule has 0 bridgehead atoms. The Kier molecular flexibility index (Phi) is 5.60. The SMILES string of the molecule is Cc1c(C)c2c(c(C)c1NCc1ccccc1)C(c1ccc(C(C)C)cc1)C(C)(C)O2. The Morgan fingerprint density at radius 2 is 1.52 bits per heavy atom. The lowest BCUT2D eigenvalue weighted by Gasteiger charge is -2.27. The fourth-order valence-electron chi connectivity index (χ4n) is 4.99. The van der Waals surface area contributed by atoms with Gasteiger partial charge in [-0.1, -0.05) is 68.4 Å². The van der Waals surface area contributed by atoms with Gasteiger partial charge in [-0.05, 0) is 73.9 Å². The number of anilines is 1. The van der Waals surface area contributed by atoms with Crippen molar-refractivity contribution < 1.29 is 4.74 Å². The molecule has 1 aliphatic heterocycles. The minimum absolute atomic E-state index is 0.209. The Labute approximate surface area is 187 Å². The van der Waals surface area contributed by atoms with Crippen molar-refractivity contribution in [2.24, 2.45) is 0 Å². The number of nitrogens with one attached hydrogen (secondary N) is 1. The molecule has 1 unspecified atom stereocenters. The molecule has 2 nitrogen and oxygen atoms in total. The molecule has 1 atom stereocenters. The van der Waals surface area contributed by atoms with Crippen molar-refractivity contribution in [3.05, 3.63) is 93.5 Å². The molecule has 2 heteroatoms. The first-order chi connectivity index (χ1) is 14.7. The molecule has 0 amide bonds. The molecule has 1 aliphatic rings. The standard InChI is InChI=1S/C29H35NO/c1-18(2)23-13-15-24(16-14-23)26-25-21(5)27(30-17-22-11-9-8-10-12-22)19(3)20(4)28(25)31-29(26,6)7/h8-16,18,26,30H,17H2,1-7H3. The summed E-state index contributed by atoms with van der Waals surface area (Å²) in [6.07, 6.45) is 0. The smallest absolute Gasteiger partial charge is 0.127 e. The first-order valence-electron chi connectivity index (χ1n) is 11.4. The number of ether oxygens (including phenoxy) is 1. The lowest BCUT2D eigenvalue weighted by Crippen LogP contribution is -2.31. The van der Waals surface area contributed by atoms with Crippen molar-refractivity contribution >= 4 is 5.69 Å². The zero-order valence-corrected chi connectivity index (χ0v) is 20.0. The van der Waals surface area contributed by atoms with Crippen LogP contribution in [0.3, 0.4) is 0 Å². The van der Waals surface area contributed by atoms with Crippen LogP contribution in [-0.2, 0) is 6.54 Å². The van der Waals surface area contributed by atoms with Crippen LogP contribution in [-0.4, -0.2) is 5.60 Å². The van der Waals surface area contributed by atoms with E-state index in [0.29, 0.717) is 5.92 Å². The monoisotopic (exact) mass is 413 g/mol. The van der Waals surface area contributed by atoms with Crippen molar-refractivity contribution in [1.29, 1.82) is 0 Å². The molecule has 0 aromatic heterocycles. The van der Waals surface area contributed by atoms with Crippen LogP contribution >= 0.6 is 0 Å². The first-order valence-corrected chi connectivity index (χ1v) is 11.4. The van der Waals surface area contributed by atoms with E-state index >= 15 is 0 Å². The predicted octanol–water partition coefficient (Wildman–Crippen LogP) is 7.65. The Bertz CT molecular complexity index is 1080. The summed E-state index contributed by atoms with van der Waals surface area (Å²) in [5, 5.41) is 3.74. The maximum absolute atomic E-state index is 6.62. The van der Waals surface area contributed by atoms with E-state index < -0.39 is 0 Å². The second kappa shape index (κ2) is 8.07. The van der Waals surface area contributed by atoms with Crippen LogP contribution < -0.4 is 10.1 Å². The lowest BCUT2D eigenvalue weighted by atomic mass is 9.78. The molecular weight excluding hydrogens is 378 g/mol. The number of fused-ring (bicyclic) bond motifs is 1. The van der Waals surface area contributed by atoms with E-state index in [1.54, 1.807) is 0 Å². The molecule has 0 saturated heterocycles. The molecule has 0 fully saturated rings. The van der Waals surface area contributed by atoms with Gasteiger partial charge in [-0.3, -0.25) is 0 Å². The van der Waals surface area contributed by atoms with Gasteiger partial charge >= 0.3 is 0 Å². The molecule has 0 aliphatic carbocycles. The highest BCUT2D eigenvalue weighted by atomic mass is 16.5. The zero-order chi connectivity index (χ0) is 22.3. The average Bonchev–Trinajstić information content (AvgIpc) is 3.04. The van der Waals surface area contributed by atoms with Gasteiger partial charge < -0.3 is 10.1 Å². The van der Waals surface area contributed by atoms with Crippen LogP contribution in [0.5, 0.6) is 5.75 Å². The maximum atomic E-state index is 6.62. The van der Waals surface area contributed by atoms with Crippen LogP contribution in [0.15, 0.2) is 54.6 Å². The van der Waals surface area contributed by atoms with Crippen molar-refractivity contribution in [3.63, 3.8) is 0 Å². The Morgan fingerprint density at radius 1 is 0.871 bits per heavy atom. The minimum atomic E-state index is -0.290. The number of benzene rings is 3. The number of rotatable bonds is 5. The van der Waals surface area contributed by atoms with E-state index in [4.69, 9.17) is 4.74 Å². The van der Waals surface area contributed by atoms with Crippen molar-refractivity contribution in [1.82, 2.24) is 0 Å². The van der Waals surface area contributed by atoms with Gasteiger partial charge in [0.05, 0.1) is 5.92 Å². The molecule has 3 aromatic carbocycles. The van der Waals surface area contributed by atoms with E-state index in [1.165, 1.54) is 44.6 Å². The summed E-state index contributed by atoms with van der Waals surface area (Å²) >= 11 is 0. The summed E-state index contributed by atoms with van der Waals surface area (Å²) in [7, 11) is 0. The predicted molar refractivity (Wildman–Crippen MR) is 132 cm³/mol. The van der Waals surface area contributed by atoms with Crippen LogP contribution in [0.25, 0.3) is 0 Å². The maximum Gasteiger partial charge on any atom is 0.127 e. The lowest BCUT2D eigenvalue weighted by molar-refractivity contribution is 0.121. The van der Waals surface area contributed by atoms with E-state index in [9.17, 15) is 0 Å². The van der Waals surface area contributed by atoms with Gasteiger partial charge in [0.1, 0.15) is 11.4 Å². The highest BCUT2D eigenvalue weighted by molar-refractivity contribution is 5.71. The second-order valence-electron chi connectivity index (χ2n) is 9.79. The summed E-state index contributed by atoms with van der Waals surface area (Å²) in [5.41, 5.74) is 10.1. The van der Waals surface area contributed by atoms with Crippen molar-refractivity contribution in [3.8, 4) is 5.75 Å². The minimum Gasteiger partial charge on any atom is -0.486 e. The molecule has 0 spiro atoms. The van der Waals surface area contributed by atoms with Gasteiger partial charge in [0.25, 0.3) is 0 Å². The zero-order valence-electron chi connectivity index (χ0n) is 20.0. The largest absolute Gasteiger partial charge is 0.486 e. The van der Waals surface area contributed by atoms with E-state index in [0.717, 1.165) is 12.3 Å². The Hall–Kier alpha value is -2.74. The van der Waals surface area contributed by atoms with Gasteiger partial charge in [0, 0.05) is 17.8 Å². The van der Waals surface area contributed by atoms with Crippen LogP contribution in [0, 0.1) is 20.8 Å². The van der Waals surface area contributed by atoms with Crippen LogP contribution in [0.4, 0.5) is 5.69 Å². The molecule has 4 rings (SSSR count). The van der Waals surface area contributed by atoms with Crippen LogP contribution in [0.2, 0.25) is 0 Å². The van der Waals surface area contributed by atoms with E-state index in [1.807, 2.05) is 0 Å². The highest BCUT2D eigenvalue weighted by Crippen LogP contribution is 2.53. The molecule has 162 valence electrons. The van der Waals surface area contributed by atoms with Gasteiger partial charge in [0.15, 0.2) is 0 Å². The topological polar surface area (TPSA) is 21.3 Å². The molecule has 1 heterocycles. The van der Waals surface area contributed by atoms with E-state index in [2.05, 4.69) is 108 Å². The summed E-state index contributed by atoms with van der Waals surface area (Å²) in [6, 6.07) is 19.7.